The zero-order valence-electron chi connectivity index (χ0n) is 26.2. The van der Waals surface area contributed by atoms with Gasteiger partial charge in [-0.05, 0) is 85.9 Å². The number of thiol groups is 1. The Hall–Kier alpha value is -3.41. The van der Waals surface area contributed by atoms with Crippen LogP contribution < -0.4 is 16.0 Å². The summed E-state index contributed by atoms with van der Waals surface area (Å²) < 4.78 is 0. The molecule has 0 spiro atoms. The molecule has 0 aromatic carbocycles. The van der Waals surface area contributed by atoms with Gasteiger partial charge in [0.1, 0.15) is 6.23 Å². The lowest BCUT2D eigenvalue weighted by Gasteiger charge is -2.22. The first-order valence-electron chi connectivity index (χ1n) is 15.2. The molecular formula is C33H44N4O6S. The molecule has 1 fully saturated rings. The molecule has 0 unspecified atom stereocenters. The Kier molecular flexibility index (Phi) is 10.4. The van der Waals surface area contributed by atoms with Crippen molar-refractivity contribution in [1.82, 2.24) is 15.3 Å². The lowest BCUT2D eigenvalue weighted by atomic mass is 9.88. The standard InChI is InChI=1S/C33H44N4O6S/c1-7-20-15(2)25(36-33(20)43)12-23-16(3)21(8-10-29(38)39)26(34-23)14-27-22(9-11-30(40)41)17(4)24(35-27)13-28-31(19(6)44)18(5)32(42)37-28/h13-14,18-19,28,31-32,34-35,37,42,44H,7-12H2,1-6H3,(H,38,39)(H,40,41)/b24-13+,27-14-/t18-,19-,28+,31+,32+/m1/s1. The van der Waals surface area contributed by atoms with Crippen LogP contribution in [0, 0.1) is 25.7 Å². The van der Waals surface area contributed by atoms with Crippen LogP contribution in [-0.4, -0.2) is 66.4 Å². The number of nitrogens with zero attached hydrogens (tertiary/aromatic N) is 1. The van der Waals surface area contributed by atoms with Gasteiger partial charge in [0.2, 0.25) is 0 Å². The Labute approximate surface area is 262 Å². The molecular weight excluding hydrogens is 580 g/mol. The predicted molar refractivity (Wildman–Crippen MR) is 173 cm³/mol. The number of carboxylic acids is 2. The molecule has 1 amide bonds. The van der Waals surface area contributed by atoms with Gasteiger partial charge in [0, 0.05) is 64.1 Å². The van der Waals surface area contributed by atoms with Gasteiger partial charge in [0.05, 0.1) is 5.71 Å². The van der Waals surface area contributed by atoms with E-state index >= 15 is 0 Å². The molecule has 6 N–H and O–H groups in total. The summed E-state index contributed by atoms with van der Waals surface area (Å²) >= 11 is 4.68. The van der Waals surface area contributed by atoms with Crippen LogP contribution in [0.4, 0.5) is 0 Å². The normalized spacial score (nSPS) is 23.6. The van der Waals surface area contributed by atoms with E-state index in [-0.39, 0.29) is 41.9 Å². The molecule has 10 nitrogen and oxygen atoms in total. The minimum absolute atomic E-state index is 0.000272. The summed E-state index contributed by atoms with van der Waals surface area (Å²) in [5, 5.41) is 34.3. The highest BCUT2D eigenvalue weighted by molar-refractivity contribution is 7.80. The van der Waals surface area contributed by atoms with E-state index in [2.05, 4.69) is 32.9 Å². The van der Waals surface area contributed by atoms with Gasteiger partial charge in [0.15, 0.2) is 0 Å². The maximum atomic E-state index is 12.4. The third-order valence-electron chi connectivity index (χ3n) is 9.30. The van der Waals surface area contributed by atoms with Crippen LogP contribution in [0.25, 0.3) is 12.2 Å². The van der Waals surface area contributed by atoms with Gasteiger partial charge in [-0.1, -0.05) is 20.8 Å². The van der Waals surface area contributed by atoms with Gasteiger partial charge < -0.3 is 25.3 Å². The summed E-state index contributed by atoms with van der Waals surface area (Å²) in [6.45, 7) is 11.8. The van der Waals surface area contributed by atoms with Crippen molar-refractivity contribution >= 4 is 48.3 Å². The molecule has 2 aromatic rings. The molecule has 44 heavy (non-hydrogen) atoms. The highest BCUT2D eigenvalue weighted by Gasteiger charge is 2.40. The van der Waals surface area contributed by atoms with Crippen LogP contribution in [0.3, 0.4) is 0 Å². The Morgan fingerprint density at radius 1 is 1.02 bits per heavy atom. The van der Waals surface area contributed by atoms with Crippen LogP contribution in [0.2, 0.25) is 0 Å². The van der Waals surface area contributed by atoms with Crippen molar-refractivity contribution in [2.24, 2.45) is 16.8 Å². The number of aromatic nitrogens is 2. The fraction of sp³-hybridized carbons (Fsp3) is 0.515. The molecule has 0 aliphatic carbocycles. The molecule has 11 heteroatoms. The number of hydrogen-bond donors (Lipinski definition) is 7. The van der Waals surface area contributed by atoms with E-state index in [1.807, 2.05) is 53.7 Å². The monoisotopic (exact) mass is 624 g/mol. The van der Waals surface area contributed by atoms with Crippen molar-refractivity contribution < 1.29 is 29.7 Å². The molecule has 0 radical (unpaired) electrons. The number of aliphatic hydroxyl groups excluding tert-OH is 1. The second-order valence-corrected chi connectivity index (χ2v) is 12.9. The molecule has 0 bridgehead atoms. The molecule has 2 aromatic heterocycles. The van der Waals surface area contributed by atoms with Crippen molar-refractivity contribution in [3.8, 4) is 0 Å². The zero-order valence-corrected chi connectivity index (χ0v) is 27.1. The van der Waals surface area contributed by atoms with E-state index in [9.17, 15) is 29.7 Å². The van der Waals surface area contributed by atoms with E-state index in [4.69, 9.17) is 0 Å². The quantitative estimate of drug-likeness (QED) is 0.178. The summed E-state index contributed by atoms with van der Waals surface area (Å²) in [5.41, 5.74) is 7.42. The molecule has 0 saturated carbocycles. The molecule has 238 valence electrons. The van der Waals surface area contributed by atoms with Crippen LogP contribution in [0.5, 0.6) is 0 Å². The minimum atomic E-state index is -0.904. The maximum absolute atomic E-state index is 12.4. The summed E-state index contributed by atoms with van der Waals surface area (Å²) in [4.78, 5) is 46.8. The number of H-pyrrole nitrogens is 2. The number of aromatic amines is 2. The van der Waals surface area contributed by atoms with E-state index in [0.717, 1.165) is 49.9 Å². The number of aliphatic hydroxyl groups is 1. The van der Waals surface area contributed by atoms with Crippen LogP contribution in [0.1, 0.15) is 80.6 Å². The van der Waals surface area contributed by atoms with Crippen molar-refractivity contribution in [2.75, 3.05) is 0 Å². The number of carbonyl (C=O) groups excluding carboxylic acids is 1. The number of rotatable bonds is 12. The van der Waals surface area contributed by atoms with Crippen molar-refractivity contribution in [3.63, 3.8) is 0 Å². The zero-order chi connectivity index (χ0) is 32.5. The van der Waals surface area contributed by atoms with Crippen molar-refractivity contribution in [2.45, 2.75) is 97.6 Å². The predicted octanol–water partition coefficient (Wildman–Crippen LogP) is 2.71. The maximum Gasteiger partial charge on any atom is 0.303 e. The fourth-order valence-electron chi connectivity index (χ4n) is 6.68. The number of allylic oxidation sites excluding steroid dienone is 1. The third kappa shape index (κ3) is 6.95. The Morgan fingerprint density at radius 3 is 2.23 bits per heavy atom. The Morgan fingerprint density at radius 2 is 1.66 bits per heavy atom. The SMILES string of the molecule is CCC1=C(C)C(Cc2[nH]c(/C=c3\[nH]/c(=C/[C@@H]4N[C@@H](O)[C@H](C)[C@H]4[C@@H](C)S)c(C)c3CCC(=O)O)c(CCC(=O)O)c2C)=NC1=O. The number of aliphatic imine (C=N–C) groups is 1. The first-order chi connectivity index (χ1) is 20.7. The van der Waals surface area contributed by atoms with Crippen LogP contribution in [-0.2, 0) is 33.6 Å². The van der Waals surface area contributed by atoms with E-state index in [0.29, 0.717) is 37.0 Å². The van der Waals surface area contributed by atoms with Gasteiger partial charge in [-0.15, -0.1) is 0 Å². The highest BCUT2D eigenvalue weighted by atomic mass is 32.1. The summed E-state index contributed by atoms with van der Waals surface area (Å²) in [7, 11) is 0. The number of hydrogen-bond acceptors (Lipinski definition) is 6. The lowest BCUT2D eigenvalue weighted by molar-refractivity contribution is -0.138. The number of nitrogens with one attached hydrogen (secondary N) is 3. The highest BCUT2D eigenvalue weighted by Crippen LogP contribution is 2.32. The van der Waals surface area contributed by atoms with Crippen molar-refractivity contribution in [3.05, 3.63) is 55.5 Å². The average molecular weight is 625 g/mol. The average Bonchev–Trinajstić information content (AvgIpc) is 3.59. The number of amides is 1. The van der Waals surface area contributed by atoms with Crippen LogP contribution in [0.15, 0.2) is 16.1 Å². The number of aliphatic carboxylic acids is 2. The van der Waals surface area contributed by atoms with Crippen molar-refractivity contribution in [1.29, 1.82) is 0 Å². The first-order valence-corrected chi connectivity index (χ1v) is 15.7. The Bertz CT molecular complexity index is 1650. The molecule has 5 atom stereocenters. The van der Waals surface area contributed by atoms with Gasteiger partial charge in [-0.3, -0.25) is 19.7 Å². The van der Waals surface area contributed by atoms with Gasteiger partial charge in [-0.2, -0.15) is 12.6 Å². The summed E-state index contributed by atoms with van der Waals surface area (Å²) in [5.74, 6) is -1.93. The molecule has 1 saturated heterocycles. The summed E-state index contributed by atoms with van der Waals surface area (Å²) in [6.07, 6.45) is 4.84. The van der Waals surface area contributed by atoms with Gasteiger partial charge >= 0.3 is 11.9 Å². The second-order valence-electron chi connectivity index (χ2n) is 12.1. The Balaban J connectivity index is 1.85. The molecule has 4 heterocycles. The number of carboxylic acid groups (broad SMARTS) is 2. The summed E-state index contributed by atoms with van der Waals surface area (Å²) in [6, 6.07) is -0.144. The van der Waals surface area contributed by atoms with Gasteiger partial charge in [0.25, 0.3) is 5.91 Å². The molecule has 2 aliphatic rings. The first kappa shape index (κ1) is 33.5. The molecule has 2 aliphatic heterocycles. The fourth-order valence-corrected chi connectivity index (χ4v) is 7.13. The van der Waals surface area contributed by atoms with E-state index < -0.39 is 18.2 Å². The van der Waals surface area contributed by atoms with E-state index in [1.165, 1.54) is 0 Å². The molecule has 4 rings (SSSR count). The minimum Gasteiger partial charge on any atom is -0.481 e. The van der Waals surface area contributed by atoms with E-state index in [1.54, 1.807) is 0 Å². The van der Waals surface area contributed by atoms with Gasteiger partial charge in [-0.25, -0.2) is 4.99 Å². The topological polar surface area (TPSA) is 168 Å². The van der Waals surface area contributed by atoms with Crippen LogP contribution >= 0.6 is 12.6 Å². The smallest absolute Gasteiger partial charge is 0.303 e. The largest absolute Gasteiger partial charge is 0.481 e. The third-order valence-corrected chi connectivity index (χ3v) is 9.64. The lowest BCUT2D eigenvalue weighted by Crippen LogP contribution is -2.33. The number of carbonyl (C=O) groups is 3. The second kappa shape index (κ2) is 13.7.